The first kappa shape index (κ1) is 24.7. The van der Waals surface area contributed by atoms with E-state index in [1.54, 1.807) is 0 Å². The Kier molecular flexibility index (Phi) is 7.40. The van der Waals surface area contributed by atoms with E-state index in [0.29, 0.717) is 25.7 Å². The molecule has 2 aliphatic carbocycles. The Hall–Kier alpha value is -3.39. The second-order valence-electron chi connectivity index (χ2n) is 9.58. The Morgan fingerprint density at radius 1 is 0.971 bits per heavy atom. The largest absolute Gasteiger partial charge is 0.479 e. The smallest absolute Gasteiger partial charge is 0.407 e. The summed E-state index contributed by atoms with van der Waals surface area (Å²) in [6, 6.07) is 16.3. The molecule has 2 amide bonds. The van der Waals surface area contributed by atoms with E-state index in [9.17, 15) is 19.5 Å². The zero-order valence-electron chi connectivity index (χ0n) is 20.1. The number of hydrogen-bond donors (Lipinski definition) is 3. The number of aliphatic carboxylic acids is 1. The molecule has 8 nitrogen and oxygen atoms in total. The second kappa shape index (κ2) is 10.5. The standard InChI is InChI=1S/C27H32N2O6/c1-27(16-34-2,25(31)32)29-24(30)17-11-13-18(14-12-17)28-26(33)35-15-23-21-9-5-3-7-19(21)20-8-4-6-10-22(20)23/h3-10,17-18,23H,11-16H2,1-2H3,(H,28,33)(H,29,30)(H,31,32). The molecule has 186 valence electrons. The summed E-state index contributed by atoms with van der Waals surface area (Å²) in [6.45, 7) is 1.57. The van der Waals surface area contributed by atoms with Crippen molar-refractivity contribution in [3.8, 4) is 11.1 Å². The Bertz CT molecular complexity index is 1050. The highest BCUT2D eigenvalue weighted by Gasteiger charge is 2.38. The number of rotatable bonds is 8. The van der Waals surface area contributed by atoms with Gasteiger partial charge in [0.15, 0.2) is 5.54 Å². The Labute approximate surface area is 205 Å². The number of carbonyl (C=O) groups excluding carboxylic acids is 2. The molecular formula is C27H32N2O6. The molecule has 1 unspecified atom stereocenters. The molecule has 0 radical (unpaired) electrons. The van der Waals surface area contributed by atoms with Gasteiger partial charge in [-0.25, -0.2) is 9.59 Å². The molecule has 1 saturated carbocycles. The summed E-state index contributed by atoms with van der Waals surface area (Å²) in [5, 5.41) is 15.0. The van der Waals surface area contributed by atoms with Gasteiger partial charge in [0.2, 0.25) is 5.91 Å². The monoisotopic (exact) mass is 480 g/mol. The minimum absolute atomic E-state index is 0.00299. The van der Waals surface area contributed by atoms with Crippen LogP contribution in [0.25, 0.3) is 11.1 Å². The van der Waals surface area contributed by atoms with Gasteiger partial charge in [0, 0.05) is 25.0 Å². The molecule has 8 heteroatoms. The first-order chi connectivity index (χ1) is 16.8. The Balaban J connectivity index is 1.27. The van der Waals surface area contributed by atoms with E-state index in [1.807, 2.05) is 24.3 Å². The zero-order chi connectivity index (χ0) is 25.0. The lowest BCUT2D eigenvalue weighted by Crippen LogP contribution is -2.57. The molecule has 4 rings (SSSR count). The molecule has 0 saturated heterocycles. The lowest BCUT2D eigenvalue weighted by Gasteiger charge is -2.31. The fourth-order valence-electron chi connectivity index (χ4n) is 5.12. The number of carbonyl (C=O) groups is 3. The van der Waals surface area contributed by atoms with Crippen molar-refractivity contribution in [3.05, 3.63) is 59.7 Å². The minimum atomic E-state index is -1.47. The molecule has 0 spiro atoms. The van der Waals surface area contributed by atoms with Gasteiger partial charge in [-0.05, 0) is 54.9 Å². The maximum Gasteiger partial charge on any atom is 0.407 e. The van der Waals surface area contributed by atoms with Crippen molar-refractivity contribution in [3.63, 3.8) is 0 Å². The average Bonchev–Trinajstić information content (AvgIpc) is 3.17. The van der Waals surface area contributed by atoms with Gasteiger partial charge in [0.05, 0.1) is 6.61 Å². The fourth-order valence-corrected chi connectivity index (χ4v) is 5.12. The van der Waals surface area contributed by atoms with E-state index in [0.717, 1.165) is 11.1 Å². The SMILES string of the molecule is COCC(C)(NC(=O)C1CCC(NC(=O)OCC2c3ccccc3-c3ccccc32)CC1)C(=O)O. The molecule has 2 aliphatic rings. The third kappa shape index (κ3) is 5.32. The van der Waals surface area contributed by atoms with Crippen LogP contribution in [0.15, 0.2) is 48.5 Å². The van der Waals surface area contributed by atoms with Gasteiger partial charge in [-0.15, -0.1) is 0 Å². The highest BCUT2D eigenvalue weighted by Crippen LogP contribution is 2.44. The van der Waals surface area contributed by atoms with Crippen molar-refractivity contribution in [1.29, 1.82) is 0 Å². The topological polar surface area (TPSA) is 114 Å². The molecule has 1 atom stereocenters. The lowest BCUT2D eigenvalue weighted by atomic mass is 9.85. The summed E-state index contributed by atoms with van der Waals surface area (Å²) in [6.07, 6.45) is 1.90. The third-order valence-corrected chi connectivity index (χ3v) is 7.07. The predicted molar refractivity (Wildman–Crippen MR) is 130 cm³/mol. The Morgan fingerprint density at radius 2 is 1.54 bits per heavy atom. The minimum Gasteiger partial charge on any atom is -0.479 e. The van der Waals surface area contributed by atoms with Crippen LogP contribution in [0.2, 0.25) is 0 Å². The van der Waals surface area contributed by atoms with Crippen molar-refractivity contribution in [2.24, 2.45) is 5.92 Å². The molecule has 0 aromatic heterocycles. The number of methoxy groups -OCH3 is 1. The van der Waals surface area contributed by atoms with E-state index < -0.39 is 17.6 Å². The van der Waals surface area contributed by atoms with Crippen LogP contribution in [0, 0.1) is 5.92 Å². The van der Waals surface area contributed by atoms with E-state index in [2.05, 4.69) is 34.9 Å². The van der Waals surface area contributed by atoms with Crippen molar-refractivity contribution >= 4 is 18.0 Å². The molecule has 1 fully saturated rings. The highest BCUT2D eigenvalue weighted by molar-refractivity contribution is 5.88. The van der Waals surface area contributed by atoms with Crippen LogP contribution in [-0.2, 0) is 19.1 Å². The van der Waals surface area contributed by atoms with Crippen LogP contribution in [-0.4, -0.2) is 55.0 Å². The molecule has 0 bridgehead atoms. The molecule has 3 N–H and O–H groups in total. The van der Waals surface area contributed by atoms with Gasteiger partial charge in [-0.3, -0.25) is 4.79 Å². The van der Waals surface area contributed by atoms with Gasteiger partial charge in [-0.2, -0.15) is 0 Å². The van der Waals surface area contributed by atoms with Crippen molar-refractivity contribution in [1.82, 2.24) is 10.6 Å². The highest BCUT2D eigenvalue weighted by atomic mass is 16.5. The van der Waals surface area contributed by atoms with Crippen LogP contribution in [0.4, 0.5) is 4.79 Å². The van der Waals surface area contributed by atoms with E-state index >= 15 is 0 Å². The van der Waals surface area contributed by atoms with Crippen molar-refractivity contribution in [2.45, 2.75) is 50.1 Å². The summed E-state index contributed by atoms with van der Waals surface area (Å²) < 4.78 is 10.6. The molecule has 35 heavy (non-hydrogen) atoms. The number of benzene rings is 2. The Morgan fingerprint density at radius 3 is 2.09 bits per heavy atom. The molecule has 2 aromatic rings. The number of carboxylic acids is 1. The number of carboxylic acid groups (broad SMARTS) is 1. The summed E-state index contributed by atoms with van der Waals surface area (Å²) in [5.41, 5.74) is 3.21. The number of hydrogen-bond acceptors (Lipinski definition) is 5. The van der Waals surface area contributed by atoms with E-state index in [-0.39, 0.29) is 37.0 Å². The van der Waals surface area contributed by atoms with Crippen molar-refractivity contribution < 1.29 is 29.0 Å². The molecule has 2 aromatic carbocycles. The van der Waals surface area contributed by atoms with Gasteiger partial charge in [0.1, 0.15) is 6.61 Å². The normalized spacial score (nSPS) is 20.7. The second-order valence-corrected chi connectivity index (χ2v) is 9.58. The quantitative estimate of drug-likeness (QED) is 0.531. The average molecular weight is 481 g/mol. The first-order valence-electron chi connectivity index (χ1n) is 12.0. The predicted octanol–water partition coefficient (Wildman–Crippen LogP) is 3.69. The maximum absolute atomic E-state index is 12.6. The number of alkyl carbamates (subject to hydrolysis) is 1. The summed E-state index contributed by atoms with van der Waals surface area (Å²) in [4.78, 5) is 36.7. The fraction of sp³-hybridized carbons (Fsp3) is 0.444. The third-order valence-electron chi connectivity index (χ3n) is 7.07. The molecule has 0 aliphatic heterocycles. The lowest BCUT2D eigenvalue weighted by molar-refractivity contribution is -0.150. The first-order valence-corrected chi connectivity index (χ1v) is 12.0. The van der Waals surface area contributed by atoms with Crippen LogP contribution in [0.1, 0.15) is 49.7 Å². The molecular weight excluding hydrogens is 448 g/mol. The maximum atomic E-state index is 12.6. The summed E-state index contributed by atoms with van der Waals surface area (Å²) in [5.74, 6) is -1.74. The number of ether oxygens (including phenoxy) is 2. The zero-order valence-corrected chi connectivity index (χ0v) is 20.1. The summed E-state index contributed by atoms with van der Waals surface area (Å²) in [7, 11) is 1.40. The number of nitrogens with one attached hydrogen (secondary N) is 2. The van der Waals surface area contributed by atoms with Gasteiger partial charge in [-0.1, -0.05) is 48.5 Å². The van der Waals surface area contributed by atoms with E-state index in [4.69, 9.17) is 9.47 Å². The van der Waals surface area contributed by atoms with E-state index in [1.165, 1.54) is 25.2 Å². The van der Waals surface area contributed by atoms with Gasteiger partial charge >= 0.3 is 12.1 Å². The van der Waals surface area contributed by atoms with Crippen LogP contribution < -0.4 is 10.6 Å². The summed E-state index contributed by atoms with van der Waals surface area (Å²) >= 11 is 0. The van der Waals surface area contributed by atoms with Crippen molar-refractivity contribution in [2.75, 3.05) is 20.3 Å². The van der Waals surface area contributed by atoms with Crippen LogP contribution in [0.3, 0.4) is 0 Å². The van der Waals surface area contributed by atoms with Crippen LogP contribution >= 0.6 is 0 Å². The van der Waals surface area contributed by atoms with Crippen LogP contribution in [0.5, 0.6) is 0 Å². The van der Waals surface area contributed by atoms with Gasteiger partial charge < -0.3 is 25.2 Å². The number of fused-ring (bicyclic) bond motifs is 3. The molecule has 0 heterocycles. The van der Waals surface area contributed by atoms with Gasteiger partial charge in [0.25, 0.3) is 0 Å². The number of amides is 2.